The minimum Gasteiger partial charge on any atom is -0.456 e. The predicted molar refractivity (Wildman–Crippen MR) is 254 cm³/mol. The van der Waals surface area contributed by atoms with E-state index in [1.807, 2.05) is 18.2 Å². The zero-order valence-corrected chi connectivity index (χ0v) is 33.7. The molecule has 1 aliphatic carbocycles. The van der Waals surface area contributed by atoms with Gasteiger partial charge in [0.1, 0.15) is 11.2 Å². The monoisotopic (exact) mass is 790 g/mol. The molecule has 11 aromatic rings. The van der Waals surface area contributed by atoms with Crippen LogP contribution in [0.1, 0.15) is 22.3 Å². The molecule has 0 saturated heterocycles. The third-order valence-electron chi connectivity index (χ3n) is 12.6. The molecule has 0 spiro atoms. The topological polar surface area (TPSA) is 38.9 Å². The van der Waals surface area contributed by atoms with Crippen LogP contribution in [0.3, 0.4) is 0 Å². The number of hydrogen-bond acceptors (Lipinski definition) is 3. The maximum absolute atomic E-state index is 6.14. The van der Waals surface area contributed by atoms with Gasteiger partial charge in [-0.05, 0) is 92.0 Å². The summed E-state index contributed by atoms with van der Waals surface area (Å²) in [6.45, 7) is 0. The molecule has 3 nitrogen and oxygen atoms in total. The zero-order valence-electron chi connectivity index (χ0n) is 33.7. The second-order valence-corrected chi connectivity index (χ2v) is 16.1. The van der Waals surface area contributed by atoms with Crippen molar-refractivity contribution >= 4 is 21.9 Å². The molecule has 62 heavy (non-hydrogen) atoms. The lowest BCUT2D eigenvalue weighted by molar-refractivity contribution is 0.669. The molecule has 1 aliphatic rings. The van der Waals surface area contributed by atoms with E-state index in [-0.39, 0.29) is 0 Å². The van der Waals surface area contributed by atoms with Crippen LogP contribution in [0.2, 0.25) is 0 Å². The number of rotatable bonds is 7. The van der Waals surface area contributed by atoms with Crippen molar-refractivity contribution < 1.29 is 4.42 Å². The van der Waals surface area contributed by atoms with Gasteiger partial charge >= 0.3 is 0 Å². The number of fused-ring (bicyclic) bond motifs is 6. The first-order valence-electron chi connectivity index (χ1n) is 21.1. The highest BCUT2D eigenvalue weighted by Crippen LogP contribution is 2.58. The van der Waals surface area contributed by atoms with Gasteiger partial charge in [-0.25, -0.2) is 9.97 Å². The molecule has 0 radical (unpaired) electrons. The van der Waals surface area contributed by atoms with Crippen LogP contribution in [0.25, 0.3) is 89.2 Å². The molecule has 0 saturated carbocycles. The average Bonchev–Trinajstić information content (AvgIpc) is 3.88. The predicted octanol–water partition coefficient (Wildman–Crippen LogP) is 15.1. The molecule has 0 unspecified atom stereocenters. The van der Waals surface area contributed by atoms with Crippen LogP contribution in [-0.2, 0) is 5.41 Å². The molecular weight excluding hydrogens is 753 g/mol. The summed E-state index contributed by atoms with van der Waals surface area (Å²) in [7, 11) is 0. The van der Waals surface area contributed by atoms with Crippen LogP contribution in [0, 0.1) is 0 Å². The summed E-state index contributed by atoms with van der Waals surface area (Å²) in [5.74, 6) is 0.686. The van der Waals surface area contributed by atoms with E-state index in [1.54, 1.807) is 0 Å². The van der Waals surface area contributed by atoms with Gasteiger partial charge in [0.25, 0.3) is 0 Å². The van der Waals surface area contributed by atoms with Crippen molar-refractivity contribution in [2.24, 2.45) is 0 Å². The molecule has 0 amide bonds. The van der Waals surface area contributed by atoms with Crippen LogP contribution < -0.4 is 0 Å². The van der Waals surface area contributed by atoms with E-state index in [0.717, 1.165) is 72.3 Å². The highest BCUT2D eigenvalue weighted by atomic mass is 16.3. The zero-order chi connectivity index (χ0) is 41.0. The Hall–Kier alpha value is -8.14. The van der Waals surface area contributed by atoms with Crippen molar-refractivity contribution in [3.8, 4) is 67.3 Å². The van der Waals surface area contributed by atoms with Crippen molar-refractivity contribution in [2.45, 2.75) is 5.41 Å². The highest BCUT2D eigenvalue weighted by Gasteiger charge is 2.47. The molecule has 0 bridgehead atoms. The quantitative estimate of drug-likeness (QED) is 0.161. The molecule has 9 aromatic carbocycles. The molecule has 0 aliphatic heterocycles. The second-order valence-electron chi connectivity index (χ2n) is 16.1. The second kappa shape index (κ2) is 14.5. The van der Waals surface area contributed by atoms with Crippen molar-refractivity contribution in [1.29, 1.82) is 0 Å². The van der Waals surface area contributed by atoms with Crippen LogP contribution in [0.4, 0.5) is 0 Å². The Morgan fingerprint density at radius 3 is 1.58 bits per heavy atom. The smallest absolute Gasteiger partial charge is 0.160 e. The Labute approximate surface area is 360 Å². The largest absolute Gasteiger partial charge is 0.456 e. The molecule has 0 fully saturated rings. The molecule has 2 heterocycles. The third-order valence-corrected chi connectivity index (χ3v) is 12.6. The van der Waals surface area contributed by atoms with Crippen molar-refractivity contribution in [3.63, 3.8) is 0 Å². The number of hydrogen-bond donors (Lipinski definition) is 0. The fourth-order valence-electron chi connectivity index (χ4n) is 9.81. The molecule has 12 rings (SSSR count). The minimum absolute atomic E-state index is 0.580. The fraction of sp³-hybridized carbons (Fsp3) is 0.0169. The lowest BCUT2D eigenvalue weighted by atomic mass is 9.66. The normalized spacial score (nSPS) is 12.6. The Bertz CT molecular complexity index is 3420. The Morgan fingerprint density at radius 1 is 0.323 bits per heavy atom. The van der Waals surface area contributed by atoms with Gasteiger partial charge in [0.15, 0.2) is 5.82 Å². The van der Waals surface area contributed by atoms with E-state index < -0.39 is 5.41 Å². The summed E-state index contributed by atoms with van der Waals surface area (Å²) in [5.41, 5.74) is 18.0. The maximum atomic E-state index is 6.14. The summed E-state index contributed by atoms with van der Waals surface area (Å²) < 4.78 is 6.14. The van der Waals surface area contributed by atoms with Crippen molar-refractivity contribution in [2.75, 3.05) is 0 Å². The van der Waals surface area contributed by atoms with E-state index in [9.17, 15) is 0 Å². The molecule has 2 aromatic heterocycles. The van der Waals surface area contributed by atoms with E-state index >= 15 is 0 Å². The van der Waals surface area contributed by atoms with E-state index in [1.165, 1.54) is 33.4 Å². The lowest BCUT2D eigenvalue weighted by Gasteiger charge is -2.35. The number of aromatic nitrogens is 2. The van der Waals surface area contributed by atoms with Gasteiger partial charge in [-0.1, -0.05) is 194 Å². The Balaban J connectivity index is 1.03. The number of furan rings is 1. The SMILES string of the molecule is c1ccc(-c2nc(-c3cccc(-c4cccc(-c5ccc6oc7ccccc7c6c5)c4)c3)cc(-c3cccc4c3C(c3ccccc3)(c3ccccc3)c3ccccc3-4)n2)cc1. The first kappa shape index (κ1) is 35.8. The van der Waals surface area contributed by atoms with Crippen LogP contribution in [-0.4, -0.2) is 9.97 Å². The molecular formula is C59H38N2O. The van der Waals surface area contributed by atoms with Crippen LogP contribution in [0.15, 0.2) is 235 Å². The Kier molecular flexibility index (Phi) is 8.39. The summed E-state index contributed by atoms with van der Waals surface area (Å²) in [6, 6.07) is 82.3. The minimum atomic E-state index is -0.580. The summed E-state index contributed by atoms with van der Waals surface area (Å²) in [5, 5.41) is 2.25. The third kappa shape index (κ3) is 5.74. The number of para-hydroxylation sites is 1. The van der Waals surface area contributed by atoms with E-state index in [0.29, 0.717) is 5.82 Å². The van der Waals surface area contributed by atoms with Crippen molar-refractivity contribution in [3.05, 3.63) is 253 Å². The van der Waals surface area contributed by atoms with Gasteiger partial charge in [0.2, 0.25) is 0 Å². The van der Waals surface area contributed by atoms with Gasteiger partial charge in [0.05, 0.1) is 16.8 Å². The number of benzene rings is 9. The first-order chi connectivity index (χ1) is 30.7. The fourth-order valence-corrected chi connectivity index (χ4v) is 9.81. The van der Waals surface area contributed by atoms with E-state index in [2.05, 4.69) is 212 Å². The summed E-state index contributed by atoms with van der Waals surface area (Å²) in [6.07, 6.45) is 0. The molecule has 3 heteroatoms. The van der Waals surface area contributed by atoms with Gasteiger partial charge in [-0.3, -0.25) is 0 Å². The van der Waals surface area contributed by atoms with Crippen molar-refractivity contribution in [1.82, 2.24) is 9.97 Å². The highest BCUT2D eigenvalue weighted by molar-refractivity contribution is 6.06. The number of nitrogens with zero attached hydrogens (tertiary/aromatic N) is 2. The van der Waals surface area contributed by atoms with Crippen LogP contribution >= 0.6 is 0 Å². The lowest BCUT2D eigenvalue weighted by Crippen LogP contribution is -2.29. The van der Waals surface area contributed by atoms with Gasteiger partial charge in [-0.15, -0.1) is 0 Å². The van der Waals surface area contributed by atoms with Crippen LogP contribution in [0.5, 0.6) is 0 Å². The van der Waals surface area contributed by atoms with Gasteiger partial charge in [0, 0.05) is 27.5 Å². The Morgan fingerprint density at radius 2 is 0.839 bits per heavy atom. The molecule has 0 atom stereocenters. The summed E-state index contributed by atoms with van der Waals surface area (Å²) >= 11 is 0. The standard InChI is InChI=1S/C59H38N2O/c1-4-17-39(18-5-1)58-60-53(44-22-15-21-42(36-44)40-19-14-20-41(35-40)43-33-34-56-51(37-43)48-28-11-13-32-55(48)62-56)38-54(61-58)50-30-16-29-49-47-27-10-12-31-52(47)59(57(49)50,45-23-6-2-7-24-45)46-25-8-3-9-26-46/h1-38H. The molecule has 290 valence electrons. The summed E-state index contributed by atoms with van der Waals surface area (Å²) in [4.78, 5) is 10.8. The van der Waals surface area contributed by atoms with E-state index in [4.69, 9.17) is 14.4 Å². The average molecular weight is 791 g/mol. The maximum Gasteiger partial charge on any atom is 0.160 e. The first-order valence-corrected chi connectivity index (χ1v) is 21.1. The van der Waals surface area contributed by atoms with Gasteiger partial charge < -0.3 is 4.42 Å². The molecule has 0 N–H and O–H groups in total. The van der Waals surface area contributed by atoms with Gasteiger partial charge in [-0.2, -0.15) is 0 Å².